The molecule has 2 rings (SSSR count). The standard InChI is InChI=1S/C14H19ClN2O2/c1-17(11-7-5-10(9-18)6-8-11)14(19)12-3-2-4-13(15)16-12/h2-4,10-11,18H,5-9H2,1H3. The van der Waals surface area contributed by atoms with Gasteiger partial charge in [-0.25, -0.2) is 4.98 Å². The lowest BCUT2D eigenvalue weighted by atomic mass is 9.86. The molecule has 1 saturated carbocycles. The van der Waals surface area contributed by atoms with Crippen LogP contribution in [0, 0.1) is 5.92 Å². The molecule has 0 atom stereocenters. The number of hydrogen-bond acceptors (Lipinski definition) is 3. The molecule has 19 heavy (non-hydrogen) atoms. The van der Waals surface area contributed by atoms with Gasteiger partial charge in [-0.1, -0.05) is 17.7 Å². The van der Waals surface area contributed by atoms with E-state index in [2.05, 4.69) is 4.98 Å². The van der Waals surface area contributed by atoms with Crippen molar-refractivity contribution < 1.29 is 9.90 Å². The van der Waals surface area contributed by atoms with Crippen molar-refractivity contribution >= 4 is 17.5 Å². The molecule has 1 aromatic rings. The Morgan fingerprint density at radius 1 is 1.42 bits per heavy atom. The van der Waals surface area contributed by atoms with E-state index in [1.807, 2.05) is 7.05 Å². The topological polar surface area (TPSA) is 53.4 Å². The molecule has 1 aromatic heterocycles. The molecule has 0 radical (unpaired) electrons. The van der Waals surface area contributed by atoms with Crippen LogP contribution in [0.5, 0.6) is 0 Å². The van der Waals surface area contributed by atoms with Crippen LogP contribution in [-0.2, 0) is 0 Å². The van der Waals surface area contributed by atoms with E-state index in [0.717, 1.165) is 25.7 Å². The maximum atomic E-state index is 12.3. The third-order valence-electron chi connectivity index (χ3n) is 3.88. The van der Waals surface area contributed by atoms with Crippen molar-refractivity contribution in [2.24, 2.45) is 5.92 Å². The van der Waals surface area contributed by atoms with Crippen molar-refractivity contribution in [1.82, 2.24) is 9.88 Å². The van der Waals surface area contributed by atoms with Crippen molar-refractivity contribution in [1.29, 1.82) is 0 Å². The molecule has 0 bridgehead atoms. The van der Waals surface area contributed by atoms with Crippen LogP contribution in [0.2, 0.25) is 5.15 Å². The average Bonchev–Trinajstić information content (AvgIpc) is 2.46. The Morgan fingerprint density at radius 3 is 2.68 bits per heavy atom. The molecule has 0 saturated heterocycles. The van der Waals surface area contributed by atoms with Crippen molar-refractivity contribution in [2.45, 2.75) is 31.7 Å². The van der Waals surface area contributed by atoms with E-state index in [0.29, 0.717) is 16.8 Å². The van der Waals surface area contributed by atoms with E-state index in [9.17, 15) is 4.79 Å². The predicted molar refractivity (Wildman–Crippen MR) is 74.2 cm³/mol. The highest BCUT2D eigenvalue weighted by molar-refractivity contribution is 6.29. The molecule has 0 aliphatic heterocycles. The number of carbonyl (C=O) groups excluding carboxylic acids is 1. The Labute approximate surface area is 118 Å². The summed E-state index contributed by atoms with van der Waals surface area (Å²) in [5.41, 5.74) is 0.388. The molecule has 1 aliphatic carbocycles. The zero-order chi connectivity index (χ0) is 13.8. The molecular formula is C14H19ClN2O2. The SMILES string of the molecule is CN(C(=O)c1cccc(Cl)n1)C1CCC(CO)CC1. The van der Waals surface area contributed by atoms with E-state index >= 15 is 0 Å². The summed E-state index contributed by atoms with van der Waals surface area (Å²) in [4.78, 5) is 18.1. The fraction of sp³-hybridized carbons (Fsp3) is 0.571. The van der Waals surface area contributed by atoms with Crippen molar-refractivity contribution in [3.05, 3.63) is 29.0 Å². The highest BCUT2D eigenvalue weighted by Crippen LogP contribution is 2.27. The number of aliphatic hydroxyl groups excluding tert-OH is 1. The minimum absolute atomic E-state index is 0.0880. The van der Waals surface area contributed by atoms with Crippen LogP contribution < -0.4 is 0 Å². The van der Waals surface area contributed by atoms with Crippen LogP contribution in [0.15, 0.2) is 18.2 Å². The fourth-order valence-corrected chi connectivity index (χ4v) is 2.75. The Morgan fingerprint density at radius 2 is 2.11 bits per heavy atom. The third-order valence-corrected chi connectivity index (χ3v) is 4.09. The molecule has 0 spiro atoms. The Hall–Kier alpha value is -1.13. The monoisotopic (exact) mass is 282 g/mol. The van der Waals surface area contributed by atoms with Crippen LogP contribution in [0.25, 0.3) is 0 Å². The summed E-state index contributed by atoms with van der Waals surface area (Å²) in [6.45, 7) is 0.250. The van der Waals surface area contributed by atoms with Crippen molar-refractivity contribution in [3.8, 4) is 0 Å². The first-order chi connectivity index (χ1) is 9.11. The number of hydrogen-bond donors (Lipinski definition) is 1. The first-order valence-corrected chi connectivity index (χ1v) is 7.00. The Bertz CT molecular complexity index is 445. The molecule has 5 heteroatoms. The van der Waals surface area contributed by atoms with Crippen LogP contribution in [0.3, 0.4) is 0 Å². The summed E-state index contributed by atoms with van der Waals surface area (Å²) in [5, 5.41) is 9.46. The Kier molecular flexibility index (Phi) is 4.77. The quantitative estimate of drug-likeness (QED) is 0.866. The van der Waals surface area contributed by atoms with E-state index in [1.54, 1.807) is 23.1 Å². The van der Waals surface area contributed by atoms with Gasteiger partial charge in [0.25, 0.3) is 5.91 Å². The Balaban J connectivity index is 2.00. The lowest BCUT2D eigenvalue weighted by Gasteiger charge is -2.34. The van der Waals surface area contributed by atoms with Gasteiger partial charge >= 0.3 is 0 Å². The number of aliphatic hydroxyl groups is 1. The third kappa shape index (κ3) is 3.45. The van der Waals surface area contributed by atoms with Crippen LogP contribution in [0.1, 0.15) is 36.2 Å². The van der Waals surface area contributed by atoms with Crippen molar-refractivity contribution in [2.75, 3.05) is 13.7 Å². The van der Waals surface area contributed by atoms with E-state index in [-0.39, 0.29) is 18.6 Å². The first kappa shape index (κ1) is 14.3. The molecule has 4 nitrogen and oxygen atoms in total. The number of aromatic nitrogens is 1. The molecular weight excluding hydrogens is 264 g/mol. The molecule has 1 fully saturated rings. The molecule has 1 heterocycles. The van der Waals surface area contributed by atoms with Gasteiger partial charge in [-0.15, -0.1) is 0 Å². The maximum Gasteiger partial charge on any atom is 0.272 e. The number of halogens is 1. The predicted octanol–water partition coefficient (Wildman–Crippen LogP) is 2.36. The van der Waals surface area contributed by atoms with Gasteiger partial charge in [-0.2, -0.15) is 0 Å². The first-order valence-electron chi connectivity index (χ1n) is 6.62. The minimum Gasteiger partial charge on any atom is -0.396 e. The molecule has 1 N–H and O–H groups in total. The summed E-state index contributed by atoms with van der Waals surface area (Å²) >= 11 is 5.81. The van der Waals surface area contributed by atoms with Crippen LogP contribution in [-0.4, -0.2) is 40.6 Å². The summed E-state index contributed by atoms with van der Waals surface area (Å²) < 4.78 is 0. The zero-order valence-electron chi connectivity index (χ0n) is 11.1. The van der Waals surface area contributed by atoms with E-state index in [4.69, 9.17) is 16.7 Å². The lowest BCUT2D eigenvalue weighted by molar-refractivity contribution is 0.0647. The lowest BCUT2D eigenvalue weighted by Crippen LogP contribution is -2.40. The van der Waals surface area contributed by atoms with Gasteiger partial charge in [0.2, 0.25) is 0 Å². The van der Waals surface area contributed by atoms with E-state index in [1.165, 1.54) is 0 Å². The normalized spacial score (nSPS) is 23.1. The summed E-state index contributed by atoms with van der Waals surface area (Å²) in [6.07, 6.45) is 3.82. The van der Waals surface area contributed by atoms with Crippen LogP contribution >= 0.6 is 11.6 Å². The van der Waals surface area contributed by atoms with Crippen molar-refractivity contribution in [3.63, 3.8) is 0 Å². The van der Waals surface area contributed by atoms with Gasteiger partial charge < -0.3 is 10.0 Å². The highest BCUT2D eigenvalue weighted by Gasteiger charge is 2.27. The molecule has 1 amide bonds. The van der Waals surface area contributed by atoms with Gasteiger partial charge in [0, 0.05) is 19.7 Å². The summed E-state index contributed by atoms with van der Waals surface area (Å²) in [5.74, 6) is 0.305. The number of amides is 1. The second kappa shape index (κ2) is 6.35. The largest absolute Gasteiger partial charge is 0.396 e. The number of nitrogens with zero attached hydrogens (tertiary/aromatic N) is 2. The molecule has 0 unspecified atom stereocenters. The fourth-order valence-electron chi connectivity index (χ4n) is 2.59. The number of pyridine rings is 1. The second-order valence-electron chi connectivity index (χ2n) is 5.12. The molecule has 104 valence electrons. The average molecular weight is 283 g/mol. The smallest absolute Gasteiger partial charge is 0.272 e. The number of carbonyl (C=O) groups is 1. The highest BCUT2D eigenvalue weighted by atomic mass is 35.5. The van der Waals surface area contributed by atoms with Gasteiger partial charge in [0.05, 0.1) is 0 Å². The summed E-state index contributed by atoms with van der Waals surface area (Å²) in [7, 11) is 1.81. The van der Waals surface area contributed by atoms with Crippen LogP contribution in [0.4, 0.5) is 0 Å². The number of rotatable bonds is 3. The molecule has 1 aliphatic rings. The maximum absolute atomic E-state index is 12.3. The second-order valence-corrected chi connectivity index (χ2v) is 5.51. The van der Waals surface area contributed by atoms with E-state index < -0.39 is 0 Å². The van der Waals surface area contributed by atoms with Gasteiger partial charge in [-0.05, 0) is 43.7 Å². The zero-order valence-corrected chi connectivity index (χ0v) is 11.8. The molecule has 0 aromatic carbocycles. The minimum atomic E-state index is -0.0880. The van der Waals surface area contributed by atoms with Gasteiger partial charge in [-0.3, -0.25) is 4.79 Å². The van der Waals surface area contributed by atoms with Gasteiger partial charge in [0.15, 0.2) is 0 Å². The van der Waals surface area contributed by atoms with Gasteiger partial charge in [0.1, 0.15) is 10.8 Å². The summed E-state index contributed by atoms with van der Waals surface area (Å²) in [6, 6.07) is 5.31.